The number of benzene rings is 1. The van der Waals surface area contributed by atoms with Crippen molar-refractivity contribution in [3.8, 4) is 11.1 Å². The second-order valence-electron chi connectivity index (χ2n) is 10.8. The number of aromatic nitrogens is 1. The predicted octanol–water partition coefficient (Wildman–Crippen LogP) is 0.173. The topological polar surface area (TPSA) is 51.2 Å². The molecule has 4 heterocycles. The van der Waals surface area contributed by atoms with Gasteiger partial charge in [0, 0.05) is 68.1 Å². The van der Waals surface area contributed by atoms with Crippen molar-refractivity contribution in [1.82, 2.24) is 9.47 Å². The van der Waals surface area contributed by atoms with Crippen LogP contribution in [0.2, 0.25) is 0 Å². The molecular weight excluding hydrogens is 412 g/mol. The van der Waals surface area contributed by atoms with Crippen LogP contribution in [0.25, 0.3) is 11.1 Å². The summed E-state index contributed by atoms with van der Waals surface area (Å²) in [7, 11) is 4.30. The van der Waals surface area contributed by atoms with Gasteiger partial charge in [0.25, 0.3) is 5.56 Å². The average molecular weight is 451 g/mol. The van der Waals surface area contributed by atoms with Gasteiger partial charge >= 0.3 is 0 Å². The second-order valence-corrected chi connectivity index (χ2v) is 10.8. The van der Waals surface area contributed by atoms with E-state index in [1.165, 1.54) is 22.6 Å². The zero-order valence-corrected chi connectivity index (χ0v) is 20.3. The summed E-state index contributed by atoms with van der Waals surface area (Å²) >= 11 is 0. The van der Waals surface area contributed by atoms with Crippen LogP contribution in [0.4, 0.5) is 0 Å². The molecule has 0 aliphatic carbocycles. The van der Waals surface area contributed by atoms with Gasteiger partial charge in [-0.1, -0.05) is 24.3 Å². The number of nitrogens with one attached hydrogen (secondary N) is 2. The Morgan fingerprint density at radius 2 is 1.82 bits per heavy atom. The molecule has 176 valence electrons. The van der Waals surface area contributed by atoms with Gasteiger partial charge in [0.1, 0.15) is 6.54 Å². The van der Waals surface area contributed by atoms with Crippen LogP contribution in [0.15, 0.2) is 41.2 Å². The summed E-state index contributed by atoms with van der Waals surface area (Å²) in [4.78, 5) is 30.4. The van der Waals surface area contributed by atoms with Gasteiger partial charge in [-0.15, -0.1) is 0 Å². The monoisotopic (exact) mass is 450 g/mol. The summed E-state index contributed by atoms with van der Waals surface area (Å²) in [5.74, 6) is 1.23. The molecule has 0 radical (unpaired) electrons. The third-order valence-electron chi connectivity index (χ3n) is 8.11. The van der Waals surface area contributed by atoms with Crippen LogP contribution in [-0.4, -0.2) is 61.7 Å². The maximum atomic E-state index is 13.7. The van der Waals surface area contributed by atoms with Gasteiger partial charge in [0.05, 0.1) is 33.2 Å². The molecule has 5 rings (SSSR count). The molecule has 2 saturated heterocycles. The highest BCUT2D eigenvalue weighted by Gasteiger charge is 2.41. The number of quaternary nitrogens is 2. The van der Waals surface area contributed by atoms with Crippen molar-refractivity contribution < 1.29 is 14.6 Å². The molecular formula is C27H38N4O2+2. The lowest BCUT2D eigenvalue weighted by Crippen LogP contribution is -3.18. The molecule has 0 saturated carbocycles. The van der Waals surface area contributed by atoms with Crippen LogP contribution >= 0.6 is 0 Å². The number of pyridine rings is 1. The maximum absolute atomic E-state index is 13.7. The zero-order valence-electron chi connectivity index (χ0n) is 20.3. The van der Waals surface area contributed by atoms with E-state index in [9.17, 15) is 9.59 Å². The highest BCUT2D eigenvalue weighted by atomic mass is 16.2. The Bertz CT molecular complexity index is 1080. The summed E-state index contributed by atoms with van der Waals surface area (Å²) in [5, 5.41) is 0. The van der Waals surface area contributed by atoms with Crippen LogP contribution < -0.4 is 15.4 Å². The molecule has 3 aliphatic rings. The largest absolute Gasteiger partial charge is 0.342 e. The SMILES string of the molecule is CC(=O)N1CCC([NH+]2C[C@@H]3C[C@H](C2)c2ccc(-c4ccccc4C[NH+](C)C)c(=O)n2C3)CC1. The van der Waals surface area contributed by atoms with Crippen molar-refractivity contribution in [3.63, 3.8) is 0 Å². The number of amides is 1. The van der Waals surface area contributed by atoms with Gasteiger partial charge < -0.3 is 19.3 Å². The van der Waals surface area contributed by atoms with E-state index in [0.717, 1.165) is 63.2 Å². The van der Waals surface area contributed by atoms with E-state index in [0.29, 0.717) is 17.9 Å². The van der Waals surface area contributed by atoms with E-state index in [1.807, 2.05) is 11.0 Å². The van der Waals surface area contributed by atoms with Gasteiger partial charge in [-0.2, -0.15) is 0 Å². The van der Waals surface area contributed by atoms with Crippen molar-refractivity contribution >= 4 is 5.91 Å². The predicted molar refractivity (Wildman–Crippen MR) is 129 cm³/mol. The molecule has 2 aromatic rings. The third-order valence-corrected chi connectivity index (χ3v) is 8.11. The fourth-order valence-corrected chi connectivity index (χ4v) is 6.56. The first-order valence-electron chi connectivity index (χ1n) is 12.6. The molecule has 33 heavy (non-hydrogen) atoms. The molecule has 6 nitrogen and oxygen atoms in total. The van der Waals surface area contributed by atoms with Gasteiger partial charge in [0.15, 0.2) is 0 Å². The number of carbonyl (C=O) groups is 1. The Morgan fingerprint density at radius 1 is 1.06 bits per heavy atom. The molecule has 3 atom stereocenters. The first-order valence-corrected chi connectivity index (χ1v) is 12.6. The molecule has 2 bridgehead atoms. The van der Waals surface area contributed by atoms with Crippen molar-refractivity contribution in [1.29, 1.82) is 0 Å². The Balaban J connectivity index is 1.39. The molecule has 1 aromatic heterocycles. The molecule has 2 N–H and O–H groups in total. The van der Waals surface area contributed by atoms with Crippen LogP contribution in [0, 0.1) is 5.92 Å². The van der Waals surface area contributed by atoms with Crippen LogP contribution in [-0.2, 0) is 17.9 Å². The van der Waals surface area contributed by atoms with E-state index in [4.69, 9.17) is 0 Å². The molecule has 1 aromatic carbocycles. The van der Waals surface area contributed by atoms with Crippen LogP contribution in [0.5, 0.6) is 0 Å². The molecule has 1 amide bonds. The molecule has 3 aliphatic heterocycles. The fourth-order valence-electron chi connectivity index (χ4n) is 6.56. The van der Waals surface area contributed by atoms with E-state index >= 15 is 0 Å². The molecule has 2 fully saturated rings. The number of fused-ring (bicyclic) bond motifs is 4. The lowest BCUT2D eigenvalue weighted by Gasteiger charge is -2.45. The Kier molecular flexibility index (Phi) is 6.14. The minimum absolute atomic E-state index is 0.182. The fraction of sp³-hybridized carbons (Fsp3) is 0.556. The lowest BCUT2D eigenvalue weighted by molar-refractivity contribution is -0.937. The van der Waals surface area contributed by atoms with E-state index in [2.05, 4.69) is 49.0 Å². The summed E-state index contributed by atoms with van der Waals surface area (Å²) in [6.45, 7) is 7.48. The van der Waals surface area contributed by atoms with Crippen molar-refractivity contribution in [2.75, 3.05) is 40.3 Å². The molecule has 0 spiro atoms. The zero-order chi connectivity index (χ0) is 23.1. The summed E-state index contributed by atoms with van der Waals surface area (Å²) in [5.41, 5.74) is 4.57. The number of hydrogen-bond donors (Lipinski definition) is 2. The van der Waals surface area contributed by atoms with Gasteiger partial charge in [-0.25, -0.2) is 0 Å². The lowest BCUT2D eigenvalue weighted by atomic mass is 9.81. The normalized spacial score (nSPS) is 25.2. The average Bonchev–Trinajstić information content (AvgIpc) is 2.80. The Labute approximate surface area is 196 Å². The standard InChI is InChI=1S/C27H36N4O2/c1-19(32)29-12-10-23(11-13-29)30-15-20-14-22(18-30)26-9-8-25(27(33)31(26)16-20)24-7-5-4-6-21(24)17-28(2)3/h4-9,20,22-23H,10-18H2,1-3H3/p+2/t20-,22+/m0/s1. The maximum Gasteiger partial charge on any atom is 0.258 e. The molecule has 1 unspecified atom stereocenters. The minimum atomic E-state index is 0.182. The van der Waals surface area contributed by atoms with Crippen LogP contribution in [0.1, 0.15) is 43.4 Å². The van der Waals surface area contributed by atoms with Crippen molar-refractivity contribution in [3.05, 3.63) is 58.0 Å². The number of likely N-dealkylation sites (tertiary alicyclic amines) is 2. The van der Waals surface area contributed by atoms with Crippen molar-refractivity contribution in [2.45, 2.75) is 51.2 Å². The summed E-state index contributed by atoms with van der Waals surface area (Å²) in [6, 6.07) is 13.3. The Morgan fingerprint density at radius 3 is 2.55 bits per heavy atom. The van der Waals surface area contributed by atoms with Crippen molar-refractivity contribution in [2.24, 2.45) is 5.92 Å². The smallest absolute Gasteiger partial charge is 0.258 e. The van der Waals surface area contributed by atoms with Gasteiger partial charge in [-0.3, -0.25) is 9.59 Å². The van der Waals surface area contributed by atoms with E-state index < -0.39 is 0 Å². The second kappa shape index (κ2) is 9.07. The Hall–Kier alpha value is -2.44. The highest BCUT2D eigenvalue weighted by molar-refractivity contribution is 5.73. The minimum Gasteiger partial charge on any atom is -0.342 e. The van der Waals surface area contributed by atoms with Gasteiger partial charge in [0.2, 0.25) is 5.91 Å². The first kappa shape index (κ1) is 22.4. The number of carbonyl (C=O) groups excluding carboxylic acids is 1. The number of hydrogen-bond acceptors (Lipinski definition) is 2. The summed E-state index contributed by atoms with van der Waals surface area (Å²) in [6.07, 6.45) is 3.41. The van der Waals surface area contributed by atoms with E-state index in [-0.39, 0.29) is 11.5 Å². The number of rotatable bonds is 4. The third kappa shape index (κ3) is 4.38. The number of nitrogens with zero attached hydrogens (tertiary/aromatic N) is 2. The van der Waals surface area contributed by atoms with Gasteiger partial charge in [-0.05, 0) is 24.1 Å². The van der Waals surface area contributed by atoms with E-state index in [1.54, 1.807) is 11.8 Å². The highest BCUT2D eigenvalue weighted by Crippen LogP contribution is 2.32. The quantitative estimate of drug-likeness (QED) is 0.698. The molecule has 6 heteroatoms. The summed E-state index contributed by atoms with van der Waals surface area (Å²) < 4.78 is 2.10. The van der Waals surface area contributed by atoms with Crippen LogP contribution in [0.3, 0.4) is 0 Å². The number of piperidine rings is 2. The first-order chi connectivity index (χ1) is 15.9.